The summed E-state index contributed by atoms with van der Waals surface area (Å²) in [7, 11) is 0. The van der Waals surface area contributed by atoms with E-state index in [0.717, 1.165) is 24.1 Å². The van der Waals surface area contributed by atoms with E-state index < -0.39 is 11.1 Å². The highest BCUT2D eigenvalue weighted by molar-refractivity contribution is 5.89. The topological polar surface area (TPSA) is 44.7 Å². The number of oxime groups is 1. The zero-order valence-corrected chi connectivity index (χ0v) is 15.0. The molecule has 2 rings (SSSR count). The van der Waals surface area contributed by atoms with E-state index in [1.54, 1.807) is 0 Å². The fraction of sp³-hybridized carbons (Fsp3) is 0.632. The van der Waals surface area contributed by atoms with Gasteiger partial charge in [-0.15, -0.1) is 10.3 Å². The molecule has 0 aromatic heterocycles. The lowest BCUT2D eigenvalue weighted by Gasteiger charge is -2.53. The Morgan fingerprint density at radius 2 is 1.87 bits per heavy atom. The molecule has 1 aliphatic rings. The first kappa shape index (κ1) is 18.0. The minimum absolute atomic E-state index is 0.0837. The van der Waals surface area contributed by atoms with Gasteiger partial charge in [0.15, 0.2) is 0 Å². The second kappa shape index (κ2) is 7.02. The molecule has 1 fully saturated rings. The maximum absolute atomic E-state index is 12.9. The molecule has 3 unspecified atom stereocenters. The Labute approximate surface area is 140 Å². The number of hydrogen-bond donors (Lipinski definition) is 0. The van der Waals surface area contributed by atoms with Crippen LogP contribution in [0.25, 0.3) is 0 Å². The maximum atomic E-state index is 12.9. The molecule has 1 aromatic rings. The van der Waals surface area contributed by atoms with Crippen molar-refractivity contribution < 1.29 is 10.0 Å². The van der Waals surface area contributed by atoms with Gasteiger partial charge in [0.05, 0.1) is 16.8 Å². The summed E-state index contributed by atoms with van der Waals surface area (Å²) in [6, 6.07) is 10.0. The highest BCUT2D eigenvalue weighted by Gasteiger charge is 2.52. The molecule has 0 N–H and O–H groups in total. The first-order chi connectivity index (χ1) is 10.9. The quantitative estimate of drug-likeness (QED) is 0.746. The third kappa shape index (κ3) is 3.43. The fourth-order valence-corrected chi connectivity index (χ4v) is 3.36. The van der Waals surface area contributed by atoms with Gasteiger partial charge in [0.1, 0.15) is 6.61 Å². The molecule has 127 valence electrons. The number of nitrogens with zero attached hydrogens (tertiary/aromatic N) is 2. The van der Waals surface area contributed by atoms with Gasteiger partial charge < -0.3 is 4.84 Å². The largest absolute Gasteiger partial charge is 0.391 e. The lowest BCUT2D eigenvalue weighted by atomic mass is 9.70. The summed E-state index contributed by atoms with van der Waals surface area (Å²) in [5, 5.41) is 18.7. The van der Waals surface area contributed by atoms with Gasteiger partial charge in [-0.05, 0) is 32.3 Å². The van der Waals surface area contributed by atoms with Crippen LogP contribution in [0, 0.1) is 5.92 Å². The molecule has 1 radical (unpaired) electrons. The Hall–Kier alpha value is -1.39. The van der Waals surface area contributed by atoms with Gasteiger partial charge in [-0.2, -0.15) is 0 Å². The van der Waals surface area contributed by atoms with Crippen molar-refractivity contribution >= 4 is 5.71 Å². The molecule has 4 nitrogen and oxygen atoms in total. The lowest BCUT2D eigenvalue weighted by molar-refractivity contribution is -0.293. The molecule has 4 heteroatoms. The molecule has 1 aromatic carbocycles. The zero-order valence-electron chi connectivity index (χ0n) is 15.0. The van der Waals surface area contributed by atoms with E-state index in [1.807, 2.05) is 44.2 Å². The number of benzene rings is 1. The van der Waals surface area contributed by atoms with Crippen LogP contribution < -0.4 is 0 Å². The molecule has 1 saturated heterocycles. The predicted octanol–water partition coefficient (Wildman–Crippen LogP) is 4.58. The Kier molecular flexibility index (Phi) is 5.48. The molecule has 0 aliphatic carbocycles. The van der Waals surface area contributed by atoms with E-state index in [0.29, 0.717) is 13.0 Å². The van der Waals surface area contributed by atoms with Crippen molar-refractivity contribution in [3.8, 4) is 0 Å². The van der Waals surface area contributed by atoms with Crippen LogP contribution in [0.5, 0.6) is 0 Å². The molecular weight excluding hydrogens is 288 g/mol. The van der Waals surface area contributed by atoms with Gasteiger partial charge in [0, 0.05) is 12.3 Å². The van der Waals surface area contributed by atoms with Gasteiger partial charge in [-0.25, -0.2) is 0 Å². The third-order valence-electron chi connectivity index (χ3n) is 5.68. The molecule has 1 heterocycles. The van der Waals surface area contributed by atoms with Crippen LogP contribution in [0.3, 0.4) is 0 Å². The highest BCUT2D eigenvalue weighted by atomic mass is 16.6. The van der Waals surface area contributed by atoms with Crippen LogP contribution in [0.1, 0.15) is 59.4 Å². The van der Waals surface area contributed by atoms with Crippen molar-refractivity contribution in [3.63, 3.8) is 0 Å². The van der Waals surface area contributed by atoms with Crippen molar-refractivity contribution in [3.05, 3.63) is 35.9 Å². The van der Waals surface area contributed by atoms with Crippen molar-refractivity contribution in [2.24, 2.45) is 11.1 Å². The van der Waals surface area contributed by atoms with Crippen molar-refractivity contribution in [2.45, 2.75) is 71.6 Å². The Morgan fingerprint density at radius 3 is 2.43 bits per heavy atom. The van der Waals surface area contributed by atoms with E-state index in [9.17, 15) is 5.21 Å². The van der Waals surface area contributed by atoms with Gasteiger partial charge in [0.25, 0.3) is 0 Å². The van der Waals surface area contributed by atoms with Crippen molar-refractivity contribution in [1.29, 1.82) is 0 Å². The van der Waals surface area contributed by atoms with E-state index in [-0.39, 0.29) is 5.92 Å². The molecule has 3 atom stereocenters. The average Bonchev–Trinajstić information content (AvgIpc) is 2.58. The SMILES string of the molecule is CCC1(C)C/C(=N/OCc2ccccc2)C(C)C(C)(CC)N1[O]. The van der Waals surface area contributed by atoms with E-state index in [1.165, 1.54) is 5.06 Å². The van der Waals surface area contributed by atoms with Gasteiger partial charge in [-0.1, -0.05) is 56.3 Å². The second-order valence-electron chi connectivity index (χ2n) is 7.10. The Balaban J connectivity index is 2.18. The molecular formula is C19H29N2O2. The predicted molar refractivity (Wildman–Crippen MR) is 92.4 cm³/mol. The normalized spacial score (nSPS) is 33.8. The third-order valence-corrected chi connectivity index (χ3v) is 5.68. The second-order valence-corrected chi connectivity index (χ2v) is 7.10. The average molecular weight is 317 g/mol. The van der Waals surface area contributed by atoms with Crippen LogP contribution in [-0.2, 0) is 16.7 Å². The van der Waals surface area contributed by atoms with E-state index >= 15 is 0 Å². The number of hydroxylamine groups is 2. The minimum atomic E-state index is -0.433. The molecule has 0 amide bonds. The van der Waals surface area contributed by atoms with Crippen LogP contribution in [0.4, 0.5) is 0 Å². The standard InChI is InChI=1S/C19H29N2O2/c1-6-18(4)13-17(15(3)19(5,7-2)21(18)22)20-23-14-16-11-9-8-10-12-16/h8-12,15H,6-7,13-14H2,1-5H3/b20-17-. The summed E-state index contributed by atoms with van der Waals surface area (Å²) in [6.45, 7) is 10.8. The van der Waals surface area contributed by atoms with Crippen LogP contribution in [-0.4, -0.2) is 21.9 Å². The van der Waals surface area contributed by atoms with Crippen LogP contribution >= 0.6 is 0 Å². The minimum Gasteiger partial charge on any atom is -0.391 e. The number of rotatable bonds is 5. The first-order valence-electron chi connectivity index (χ1n) is 8.57. The highest BCUT2D eigenvalue weighted by Crippen LogP contribution is 2.43. The summed E-state index contributed by atoms with van der Waals surface area (Å²) in [6.07, 6.45) is 2.26. The van der Waals surface area contributed by atoms with Gasteiger partial charge >= 0.3 is 0 Å². The summed E-state index contributed by atoms with van der Waals surface area (Å²) in [5.41, 5.74) is 1.26. The summed E-state index contributed by atoms with van der Waals surface area (Å²) in [5.74, 6) is 0.0837. The summed E-state index contributed by atoms with van der Waals surface area (Å²) in [4.78, 5) is 5.61. The molecule has 0 spiro atoms. The monoisotopic (exact) mass is 317 g/mol. The van der Waals surface area contributed by atoms with E-state index in [4.69, 9.17) is 4.84 Å². The Bertz CT molecular complexity index is 546. The zero-order chi connectivity index (χ0) is 17.1. The fourth-order valence-electron chi connectivity index (χ4n) is 3.36. The Morgan fingerprint density at radius 1 is 1.22 bits per heavy atom. The molecule has 23 heavy (non-hydrogen) atoms. The molecule has 0 bridgehead atoms. The number of hydrogen-bond acceptors (Lipinski definition) is 3. The van der Waals surface area contributed by atoms with E-state index in [2.05, 4.69) is 25.9 Å². The first-order valence-corrected chi connectivity index (χ1v) is 8.57. The van der Waals surface area contributed by atoms with Gasteiger partial charge in [-0.3, -0.25) is 0 Å². The lowest BCUT2D eigenvalue weighted by Crippen LogP contribution is -2.64. The van der Waals surface area contributed by atoms with Crippen LogP contribution in [0.15, 0.2) is 35.5 Å². The smallest absolute Gasteiger partial charge is 0.142 e. The van der Waals surface area contributed by atoms with Crippen LogP contribution in [0.2, 0.25) is 0 Å². The summed E-state index contributed by atoms with van der Waals surface area (Å²) < 4.78 is 0. The molecule has 0 saturated carbocycles. The van der Waals surface area contributed by atoms with Crippen molar-refractivity contribution in [1.82, 2.24) is 5.06 Å². The maximum Gasteiger partial charge on any atom is 0.142 e. The van der Waals surface area contributed by atoms with Gasteiger partial charge in [0.2, 0.25) is 0 Å². The summed E-state index contributed by atoms with van der Waals surface area (Å²) >= 11 is 0. The van der Waals surface area contributed by atoms with Crippen molar-refractivity contribution in [2.75, 3.05) is 0 Å². The molecule has 1 aliphatic heterocycles. The number of piperidine rings is 1.